The van der Waals surface area contributed by atoms with Crippen LogP contribution in [0.4, 0.5) is 5.69 Å². The normalized spacial score (nSPS) is 14.8. The summed E-state index contributed by atoms with van der Waals surface area (Å²) in [6.07, 6.45) is -0.192. The zero-order valence-corrected chi connectivity index (χ0v) is 9.69. The fourth-order valence-corrected chi connectivity index (χ4v) is 1.49. The van der Waals surface area contributed by atoms with E-state index in [4.69, 9.17) is 0 Å². The van der Waals surface area contributed by atoms with Gasteiger partial charge in [0.15, 0.2) is 5.78 Å². The summed E-state index contributed by atoms with van der Waals surface area (Å²) in [6.45, 7) is 1.47. The zero-order valence-electron chi connectivity index (χ0n) is 9.69. The maximum absolute atomic E-state index is 11.1. The van der Waals surface area contributed by atoms with Crippen LogP contribution in [0.3, 0.4) is 0 Å². The van der Waals surface area contributed by atoms with Crippen LogP contribution in [0.15, 0.2) is 29.3 Å². The number of Topliss-reactive ketones (excluding diaryl/α,β-unsaturated/α-hetero) is 1. The van der Waals surface area contributed by atoms with Gasteiger partial charge in [-0.15, -0.1) is 0 Å². The van der Waals surface area contributed by atoms with Crippen molar-refractivity contribution in [3.8, 4) is 0 Å². The lowest BCUT2D eigenvalue weighted by atomic mass is 10.1. The average Bonchev–Trinajstić information content (AvgIpc) is 2.28. The van der Waals surface area contributed by atoms with E-state index < -0.39 is 11.8 Å². The van der Waals surface area contributed by atoms with E-state index in [0.29, 0.717) is 11.3 Å². The molecule has 1 aliphatic rings. The predicted molar refractivity (Wildman–Crippen MR) is 64.4 cm³/mol. The van der Waals surface area contributed by atoms with Crippen LogP contribution in [0.2, 0.25) is 0 Å². The van der Waals surface area contributed by atoms with Crippen LogP contribution in [-0.4, -0.2) is 23.6 Å². The van der Waals surface area contributed by atoms with Crippen LogP contribution in [-0.2, 0) is 9.59 Å². The van der Waals surface area contributed by atoms with Crippen molar-refractivity contribution < 1.29 is 14.4 Å². The summed E-state index contributed by atoms with van der Waals surface area (Å²) in [5.74, 6) is -0.712. The summed E-state index contributed by atoms with van der Waals surface area (Å²) in [7, 11) is 0. The first kappa shape index (κ1) is 12.0. The Balaban J connectivity index is 2.19. The number of carbonyl (C=O) groups excluding carboxylic acids is 3. The fourth-order valence-electron chi connectivity index (χ4n) is 1.49. The monoisotopic (exact) mass is 245 g/mol. The number of nitrogens with zero attached hydrogens (tertiary/aromatic N) is 1. The van der Waals surface area contributed by atoms with Crippen molar-refractivity contribution in [2.24, 2.45) is 4.99 Å². The number of aliphatic imine (C=N–C) groups is 1. The quantitative estimate of drug-likeness (QED) is 0.588. The topological polar surface area (TPSA) is 87.6 Å². The molecule has 0 aromatic heterocycles. The number of carbonyl (C=O) groups is 3. The van der Waals surface area contributed by atoms with Crippen LogP contribution in [0, 0.1) is 0 Å². The van der Waals surface area contributed by atoms with Crippen molar-refractivity contribution >= 4 is 29.2 Å². The van der Waals surface area contributed by atoms with Gasteiger partial charge in [0.2, 0.25) is 17.8 Å². The number of rotatable bonds is 2. The molecule has 6 nitrogen and oxygen atoms in total. The van der Waals surface area contributed by atoms with E-state index in [2.05, 4.69) is 15.6 Å². The molecule has 0 bridgehead atoms. The van der Waals surface area contributed by atoms with Gasteiger partial charge >= 0.3 is 0 Å². The summed E-state index contributed by atoms with van der Waals surface area (Å²) >= 11 is 0. The lowest BCUT2D eigenvalue weighted by molar-refractivity contribution is -0.129. The molecule has 1 aromatic rings. The molecule has 1 aromatic carbocycles. The summed E-state index contributed by atoms with van der Waals surface area (Å²) in [4.78, 5) is 37.4. The van der Waals surface area contributed by atoms with Crippen molar-refractivity contribution in [3.05, 3.63) is 29.8 Å². The van der Waals surface area contributed by atoms with Crippen molar-refractivity contribution in [2.75, 3.05) is 0 Å². The number of nitrogens with one attached hydrogen (secondary N) is 2. The van der Waals surface area contributed by atoms with Gasteiger partial charge in [-0.05, 0) is 31.2 Å². The Morgan fingerprint density at radius 3 is 2.17 bits per heavy atom. The average molecular weight is 245 g/mol. The molecule has 2 amide bonds. The molecule has 2 N–H and O–H groups in total. The molecule has 92 valence electrons. The third kappa shape index (κ3) is 2.79. The minimum absolute atomic E-state index is 0.0338. The molecule has 6 heteroatoms. The van der Waals surface area contributed by atoms with Crippen molar-refractivity contribution in [1.82, 2.24) is 10.6 Å². The second kappa shape index (κ2) is 4.79. The van der Waals surface area contributed by atoms with Gasteiger partial charge in [-0.1, -0.05) is 0 Å². The number of ketones is 1. The molecule has 18 heavy (non-hydrogen) atoms. The first-order valence-electron chi connectivity index (χ1n) is 5.34. The van der Waals surface area contributed by atoms with E-state index in [1.54, 1.807) is 24.3 Å². The van der Waals surface area contributed by atoms with Gasteiger partial charge in [0.05, 0.1) is 5.69 Å². The second-order valence-corrected chi connectivity index (χ2v) is 3.84. The summed E-state index contributed by atoms with van der Waals surface area (Å²) in [6, 6.07) is 6.54. The third-order valence-corrected chi connectivity index (χ3v) is 2.35. The fraction of sp³-hybridized carbons (Fsp3) is 0.167. The Morgan fingerprint density at radius 1 is 1.11 bits per heavy atom. The third-order valence-electron chi connectivity index (χ3n) is 2.35. The lowest BCUT2D eigenvalue weighted by Gasteiger charge is -2.14. The Labute approximate surface area is 103 Å². The maximum Gasteiger partial charge on any atom is 0.236 e. The standard InChI is InChI=1S/C12H11N3O3/c1-7(16)8-2-4-9(5-3-8)13-12-14-10(17)6-11(18)15-12/h2-5H,6H2,1H3,(H2,13,14,15,17,18). The molecule has 2 rings (SSSR count). The van der Waals surface area contributed by atoms with Gasteiger partial charge < -0.3 is 0 Å². The van der Waals surface area contributed by atoms with Gasteiger partial charge in [-0.3, -0.25) is 25.0 Å². The molecule has 0 radical (unpaired) electrons. The Kier molecular flexibility index (Phi) is 3.18. The molecule has 0 saturated carbocycles. The van der Waals surface area contributed by atoms with E-state index in [0.717, 1.165) is 0 Å². The summed E-state index contributed by atoms with van der Waals surface area (Å²) in [5, 5.41) is 4.89. The van der Waals surface area contributed by atoms with E-state index in [9.17, 15) is 14.4 Å². The zero-order chi connectivity index (χ0) is 13.1. The number of hydrogen-bond donors (Lipinski definition) is 2. The Bertz CT molecular complexity index is 528. The molecule has 1 aliphatic heterocycles. The minimum Gasteiger partial charge on any atom is -0.296 e. The van der Waals surface area contributed by atoms with Crippen LogP contribution < -0.4 is 10.6 Å². The highest BCUT2D eigenvalue weighted by Crippen LogP contribution is 2.13. The highest BCUT2D eigenvalue weighted by atomic mass is 16.2. The summed E-state index contributed by atoms with van der Waals surface area (Å²) in [5.41, 5.74) is 1.12. The molecule has 1 saturated heterocycles. The Morgan fingerprint density at radius 2 is 1.67 bits per heavy atom. The van der Waals surface area contributed by atoms with E-state index in [1.807, 2.05) is 0 Å². The molecular weight excluding hydrogens is 234 g/mol. The molecule has 1 fully saturated rings. The molecule has 0 spiro atoms. The van der Waals surface area contributed by atoms with Crippen LogP contribution in [0.1, 0.15) is 23.7 Å². The van der Waals surface area contributed by atoms with E-state index in [1.165, 1.54) is 6.92 Å². The Hall–Kier alpha value is -2.50. The highest BCUT2D eigenvalue weighted by molar-refractivity contribution is 6.16. The van der Waals surface area contributed by atoms with E-state index >= 15 is 0 Å². The molecular formula is C12H11N3O3. The summed E-state index contributed by atoms with van der Waals surface area (Å²) < 4.78 is 0. The number of guanidine groups is 1. The second-order valence-electron chi connectivity index (χ2n) is 3.84. The van der Waals surface area contributed by atoms with Gasteiger partial charge in [0, 0.05) is 5.56 Å². The van der Waals surface area contributed by atoms with E-state index in [-0.39, 0.29) is 18.2 Å². The number of hydrogen-bond acceptors (Lipinski definition) is 4. The van der Waals surface area contributed by atoms with Crippen molar-refractivity contribution in [2.45, 2.75) is 13.3 Å². The predicted octanol–water partition coefficient (Wildman–Crippen LogP) is 0.513. The van der Waals surface area contributed by atoms with Crippen LogP contribution in [0.25, 0.3) is 0 Å². The van der Waals surface area contributed by atoms with Crippen LogP contribution >= 0.6 is 0 Å². The lowest BCUT2D eigenvalue weighted by Crippen LogP contribution is -2.50. The van der Waals surface area contributed by atoms with Gasteiger partial charge in [-0.2, -0.15) is 0 Å². The minimum atomic E-state index is -0.391. The van der Waals surface area contributed by atoms with Crippen molar-refractivity contribution in [3.63, 3.8) is 0 Å². The van der Waals surface area contributed by atoms with Crippen LogP contribution in [0.5, 0.6) is 0 Å². The maximum atomic E-state index is 11.1. The molecule has 0 atom stereocenters. The first-order chi connectivity index (χ1) is 8.54. The van der Waals surface area contributed by atoms with Gasteiger partial charge in [0.1, 0.15) is 6.42 Å². The largest absolute Gasteiger partial charge is 0.296 e. The first-order valence-corrected chi connectivity index (χ1v) is 5.34. The van der Waals surface area contributed by atoms with Crippen molar-refractivity contribution in [1.29, 1.82) is 0 Å². The molecule has 0 unspecified atom stereocenters. The highest BCUT2D eigenvalue weighted by Gasteiger charge is 2.19. The molecule has 1 heterocycles. The number of benzene rings is 1. The number of amides is 2. The smallest absolute Gasteiger partial charge is 0.236 e. The van der Waals surface area contributed by atoms with Gasteiger partial charge in [-0.25, -0.2) is 4.99 Å². The molecule has 0 aliphatic carbocycles. The van der Waals surface area contributed by atoms with Gasteiger partial charge in [0.25, 0.3) is 0 Å². The SMILES string of the molecule is CC(=O)c1ccc(N=C2NC(=O)CC(=O)N2)cc1.